The molecule has 3 N–H and O–H groups in total. The molecule has 0 heterocycles. The van der Waals surface area contributed by atoms with Crippen LogP contribution in [0.15, 0.2) is 48.5 Å². The molecular weight excluding hydrogens is 440 g/mol. The van der Waals surface area contributed by atoms with Crippen molar-refractivity contribution in [2.45, 2.75) is 31.2 Å². The number of carbonyl (C=O) groups is 3. The third kappa shape index (κ3) is 5.68. The summed E-state index contributed by atoms with van der Waals surface area (Å²) in [5, 5.41) is 14.7. The number of carboxylic acids is 1. The second kappa shape index (κ2) is 10.7. The predicted molar refractivity (Wildman–Crippen MR) is 127 cm³/mol. The van der Waals surface area contributed by atoms with Crippen molar-refractivity contribution >= 4 is 29.7 Å². The molecule has 0 radical (unpaired) electrons. The van der Waals surface area contributed by atoms with Gasteiger partial charge in [-0.2, -0.15) is 11.8 Å². The zero-order valence-corrected chi connectivity index (χ0v) is 19.1. The number of nitrogens with one attached hydrogen (secondary N) is 2. The number of aliphatic carboxylic acids is 1. The molecule has 7 nitrogen and oxygen atoms in total. The van der Waals surface area contributed by atoms with Gasteiger partial charge >= 0.3 is 12.1 Å². The van der Waals surface area contributed by atoms with Gasteiger partial charge in [0, 0.05) is 24.3 Å². The molecule has 1 saturated carbocycles. The molecule has 0 spiro atoms. The van der Waals surface area contributed by atoms with Crippen LogP contribution >= 0.6 is 11.8 Å². The molecule has 2 aromatic carbocycles. The van der Waals surface area contributed by atoms with Crippen molar-refractivity contribution in [3.8, 4) is 11.1 Å². The van der Waals surface area contributed by atoms with Gasteiger partial charge in [0.2, 0.25) is 5.91 Å². The lowest BCUT2D eigenvalue weighted by Gasteiger charge is -2.14. The van der Waals surface area contributed by atoms with Crippen molar-refractivity contribution in [1.82, 2.24) is 10.6 Å². The summed E-state index contributed by atoms with van der Waals surface area (Å²) in [5.41, 5.74) is 4.72. The minimum absolute atomic E-state index is 0.0255. The molecule has 2 aliphatic carbocycles. The van der Waals surface area contributed by atoms with Crippen LogP contribution in [-0.2, 0) is 14.3 Å². The fraction of sp³-hybridized carbons (Fsp3) is 0.400. The topological polar surface area (TPSA) is 105 Å². The van der Waals surface area contributed by atoms with E-state index >= 15 is 0 Å². The largest absolute Gasteiger partial charge is 0.481 e. The lowest BCUT2D eigenvalue weighted by atomic mass is 9.98. The summed E-state index contributed by atoms with van der Waals surface area (Å²) in [5.74, 6) is -0.361. The molecule has 2 amide bonds. The average Bonchev–Trinajstić information content (AvgIpc) is 3.40. The van der Waals surface area contributed by atoms with Crippen LogP contribution in [0.3, 0.4) is 0 Å². The van der Waals surface area contributed by atoms with Crippen molar-refractivity contribution in [2.75, 3.05) is 24.7 Å². The van der Waals surface area contributed by atoms with E-state index in [1.54, 1.807) is 0 Å². The zero-order chi connectivity index (χ0) is 23.2. The Morgan fingerprint density at radius 2 is 1.67 bits per heavy atom. The number of carboxylic acid groups (broad SMARTS) is 1. The summed E-state index contributed by atoms with van der Waals surface area (Å²) < 4.78 is 5.50. The molecule has 2 aliphatic rings. The van der Waals surface area contributed by atoms with E-state index in [2.05, 4.69) is 34.9 Å². The van der Waals surface area contributed by atoms with Gasteiger partial charge in [-0.25, -0.2) is 4.79 Å². The normalized spacial score (nSPS) is 18.9. The first-order chi connectivity index (χ1) is 16.0. The highest BCUT2D eigenvalue weighted by atomic mass is 32.2. The number of amides is 2. The van der Waals surface area contributed by atoms with Crippen molar-refractivity contribution < 1.29 is 24.2 Å². The van der Waals surface area contributed by atoms with Crippen molar-refractivity contribution in [1.29, 1.82) is 0 Å². The van der Waals surface area contributed by atoms with E-state index in [1.807, 2.05) is 24.3 Å². The minimum atomic E-state index is -0.791. The van der Waals surface area contributed by atoms with Gasteiger partial charge in [-0.05, 0) is 41.5 Å². The number of fused-ring (bicyclic) bond motifs is 3. The molecule has 174 valence electrons. The van der Waals surface area contributed by atoms with E-state index in [0.29, 0.717) is 31.6 Å². The van der Waals surface area contributed by atoms with Crippen LogP contribution in [0.1, 0.15) is 36.3 Å². The van der Waals surface area contributed by atoms with Gasteiger partial charge in [0.1, 0.15) is 6.61 Å². The van der Waals surface area contributed by atoms with E-state index in [0.717, 1.165) is 0 Å². The Labute approximate surface area is 197 Å². The van der Waals surface area contributed by atoms with Gasteiger partial charge in [-0.1, -0.05) is 48.5 Å². The zero-order valence-electron chi connectivity index (χ0n) is 18.3. The average molecular weight is 469 g/mol. The van der Waals surface area contributed by atoms with E-state index < -0.39 is 12.1 Å². The first kappa shape index (κ1) is 23.2. The molecule has 0 bridgehead atoms. The summed E-state index contributed by atoms with van der Waals surface area (Å²) in [6.45, 7) is 0.674. The summed E-state index contributed by atoms with van der Waals surface area (Å²) in [6.07, 6.45) is 1.34. The Morgan fingerprint density at radius 1 is 1.00 bits per heavy atom. The van der Waals surface area contributed by atoms with Crippen LogP contribution in [0, 0.1) is 5.92 Å². The molecule has 0 aromatic heterocycles. The third-order valence-corrected chi connectivity index (χ3v) is 7.20. The fourth-order valence-corrected chi connectivity index (χ4v) is 5.31. The number of thioether (sulfide) groups is 1. The SMILES string of the molecule is O=C(CSCCNC(=O)OCC1c2ccccc2-c2ccccc21)N[C@H]1CC[C@@H](C(=O)O)C1. The molecule has 0 unspecified atom stereocenters. The van der Waals surface area contributed by atoms with Gasteiger partial charge in [0.25, 0.3) is 0 Å². The molecule has 2 aromatic rings. The lowest BCUT2D eigenvalue weighted by molar-refractivity contribution is -0.141. The van der Waals surface area contributed by atoms with Crippen LogP contribution in [0.25, 0.3) is 11.1 Å². The van der Waals surface area contributed by atoms with Crippen LogP contribution < -0.4 is 10.6 Å². The molecule has 8 heteroatoms. The van der Waals surface area contributed by atoms with Gasteiger partial charge in [-0.3, -0.25) is 9.59 Å². The highest BCUT2D eigenvalue weighted by Crippen LogP contribution is 2.44. The highest BCUT2D eigenvalue weighted by molar-refractivity contribution is 7.99. The van der Waals surface area contributed by atoms with Gasteiger partial charge in [0.05, 0.1) is 11.7 Å². The Morgan fingerprint density at radius 3 is 2.30 bits per heavy atom. The van der Waals surface area contributed by atoms with Crippen LogP contribution in [-0.4, -0.2) is 53.8 Å². The number of ether oxygens (including phenoxy) is 1. The van der Waals surface area contributed by atoms with Gasteiger partial charge < -0.3 is 20.5 Å². The summed E-state index contributed by atoms with van der Waals surface area (Å²) >= 11 is 1.42. The van der Waals surface area contributed by atoms with Crippen molar-refractivity contribution in [3.63, 3.8) is 0 Å². The molecule has 0 saturated heterocycles. The first-order valence-corrected chi connectivity index (χ1v) is 12.4. The van der Waals surface area contributed by atoms with E-state index in [4.69, 9.17) is 9.84 Å². The number of rotatable bonds is 9. The summed E-state index contributed by atoms with van der Waals surface area (Å²) in [4.78, 5) is 35.2. The Bertz CT molecular complexity index is 982. The van der Waals surface area contributed by atoms with Crippen molar-refractivity contribution in [3.05, 3.63) is 59.7 Å². The molecule has 0 aliphatic heterocycles. The maximum Gasteiger partial charge on any atom is 0.407 e. The van der Waals surface area contributed by atoms with Gasteiger partial charge in [-0.15, -0.1) is 0 Å². The van der Waals surface area contributed by atoms with Gasteiger partial charge in [0.15, 0.2) is 0 Å². The van der Waals surface area contributed by atoms with Crippen molar-refractivity contribution in [2.24, 2.45) is 5.92 Å². The number of benzene rings is 2. The van der Waals surface area contributed by atoms with Crippen LogP contribution in [0.2, 0.25) is 0 Å². The maximum atomic E-state index is 12.2. The Kier molecular flexibility index (Phi) is 7.54. The fourth-order valence-electron chi connectivity index (χ4n) is 4.65. The first-order valence-electron chi connectivity index (χ1n) is 11.2. The minimum Gasteiger partial charge on any atom is -0.481 e. The van der Waals surface area contributed by atoms with Crippen LogP contribution in [0.5, 0.6) is 0 Å². The van der Waals surface area contributed by atoms with Crippen LogP contribution in [0.4, 0.5) is 4.79 Å². The molecule has 33 heavy (non-hydrogen) atoms. The maximum absolute atomic E-state index is 12.2. The molecular formula is C25H28N2O5S. The Hall–Kier alpha value is -3.00. The van der Waals surface area contributed by atoms with E-state index in [-0.39, 0.29) is 36.1 Å². The number of alkyl carbamates (subject to hydrolysis) is 1. The smallest absolute Gasteiger partial charge is 0.407 e. The predicted octanol–water partition coefficient (Wildman–Crippen LogP) is 3.63. The number of carbonyl (C=O) groups excluding carboxylic acids is 2. The van der Waals surface area contributed by atoms with E-state index in [9.17, 15) is 14.4 Å². The highest BCUT2D eigenvalue weighted by Gasteiger charge is 2.30. The summed E-state index contributed by atoms with van der Waals surface area (Å²) in [7, 11) is 0. The number of hydrogen-bond donors (Lipinski definition) is 3. The van der Waals surface area contributed by atoms with E-state index in [1.165, 1.54) is 34.0 Å². The molecule has 2 atom stereocenters. The second-order valence-electron chi connectivity index (χ2n) is 8.42. The third-order valence-electron chi connectivity index (χ3n) is 6.24. The molecule has 4 rings (SSSR count). The Balaban J connectivity index is 1.13. The second-order valence-corrected chi connectivity index (χ2v) is 9.52. The quantitative estimate of drug-likeness (QED) is 0.486. The molecule has 1 fully saturated rings. The number of hydrogen-bond acceptors (Lipinski definition) is 5. The standard InChI is InChI=1S/C25H28N2O5S/c28-23(27-17-10-9-16(13-17)24(29)30)15-33-12-11-26-25(31)32-14-22-20-7-3-1-5-18(20)19-6-2-4-8-21(19)22/h1-8,16-17,22H,9-15H2,(H,26,31)(H,27,28)(H,29,30)/t16-,17+/m1/s1. The summed E-state index contributed by atoms with van der Waals surface area (Å²) in [6, 6.07) is 16.3. The lowest BCUT2D eigenvalue weighted by Crippen LogP contribution is -2.35. The monoisotopic (exact) mass is 468 g/mol.